The van der Waals surface area contributed by atoms with Gasteiger partial charge < -0.3 is 4.74 Å². The smallest absolute Gasteiger partial charge is 0.340 e. The fourth-order valence-corrected chi connectivity index (χ4v) is 2.61. The Morgan fingerprint density at radius 2 is 2.06 bits per heavy atom. The molecule has 1 aromatic heterocycles. The van der Waals surface area contributed by atoms with Gasteiger partial charge in [-0.15, -0.1) is 0 Å². The SMILES string of the molecule is COC(=O)c1cnc2c(Br)c(Cl)ccc2c1Br. The highest BCUT2D eigenvalue weighted by molar-refractivity contribution is 9.11. The minimum absolute atomic E-state index is 0.384. The largest absolute Gasteiger partial charge is 0.465 e. The van der Waals surface area contributed by atoms with Gasteiger partial charge in [0.05, 0.1) is 27.7 Å². The average Bonchev–Trinajstić information content (AvgIpc) is 2.33. The van der Waals surface area contributed by atoms with Crippen LogP contribution >= 0.6 is 43.5 Å². The quantitative estimate of drug-likeness (QED) is 0.697. The number of nitrogens with zero attached hydrogens (tertiary/aromatic N) is 1. The van der Waals surface area contributed by atoms with Gasteiger partial charge in [-0.3, -0.25) is 4.98 Å². The third kappa shape index (κ3) is 2.19. The molecular weight excluding hydrogens is 373 g/mol. The van der Waals surface area contributed by atoms with Crippen LogP contribution in [-0.2, 0) is 4.74 Å². The van der Waals surface area contributed by atoms with E-state index in [1.54, 1.807) is 12.1 Å². The molecule has 0 amide bonds. The van der Waals surface area contributed by atoms with Crippen molar-refractivity contribution in [2.45, 2.75) is 0 Å². The molecule has 0 saturated heterocycles. The third-order valence-corrected chi connectivity index (χ3v) is 4.47. The van der Waals surface area contributed by atoms with Crippen molar-refractivity contribution in [1.29, 1.82) is 0 Å². The molecule has 2 aromatic rings. The minimum atomic E-state index is -0.433. The first-order valence-corrected chi connectivity index (χ1v) is 6.53. The maximum Gasteiger partial charge on any atom is 0.340 e. The third-order valence-electron chi connectivity index (χ3n) is 2.27. The Hall–Kier alpha value is -0.650. The van der Waals surface area contributed by atoms with Gasteiger partial charge in [-0.25, -0.2) is 4.79 Å². The van der Waals surface area contributed by atoms with Gasteiger partial charge in [-0.1, -0.05) is 17.7 Å². The molecule has 1 heterocycles. The Kier molecular flexibility index (Phi) is 3.70. The molecule has 0 bridgehead atoms. The van der Waals surface area contributed by atoms with E-state index >= 15 is 0 Å². The minimum Gasteiger partial charge on any atom is -0.465 e. The molecule has 0 aliphatic heterocycles. The molecule has 0 radical (unpaired) electrons. The summed E-state index contributed by atoms with van der Waals surface area (Å²) in [6.07, 6.45) is 1.46. The zero-order chi connectivity index (χ0) is 12.6. The van der Waals surface area contributed by atoms with E-state index in [1.165, 1.54) is 13.3 Å². The lowest BCUT2D eigenvalue weighted by Crippen LogP contribution is -2.03. The van der Waals surface area contributed by atoms with Gasteiger partial charge in [0.1, 0.15) is 0 Å². The van der Waals surface area contributed by atoms with Gasteiger partial charge in [0, 0.05) is 16.1 Å². The summed E-state index contributed by atoms with van der Waals surface area (Å²) in [5.74, 6) is -0.433. The van der Waals surface area contributed by atoms with Crippen LogP contribution in [0.25, 0.3) is 10.9 Å². The molecular formula is C11H6Br2ClNO2. The summed E-state index contributed by atoms with van der Waals surface area (Å²) in [7, 11) is 1.33. The average molecular weight is 379 g/mol. The number of benzene rings is 1. The summed E-state index contributed by atoms with van der Waals surface area (Å²) in [4.78, 5) is 15.7. The molecule has 2 rings (SSSR count). The van der Waals surface area contributed by atoms with Crippen molar-refractivity contribution in [3.63, 3.8) is 0 Å². The molecule has 3 nitrogen and oxygen atoms in total. The Labute approximate surface area is 119 Å². The molecule has 0 aliphatic carbocycles. The van der Waals surface area contributed by atoms with Gasteiger partial charge in [0.25, 0.3) is 0 Å². The Morgan fingerprint density at radius 1 is 1.35 bits per heavy atom. The number of carbonyl (C=O) groups excluding carboxylic acids is 1. The monoisotopic (exact) mass is 377 g/mol. The van der Waals surface area contributed by atoms with E-state index < -0.39 is 5.97 Å². The second kappa shape index (κ2) is 4.92. The van der Waals surface area contributed by atoms with Crippen LogP contribution in [0.1, 0.15) is 10.4 Å². The van der Waals surface area contributed by atoms with Gasteiger partial charge in [0.2, 0.25) is 0 Å². The molecule has 1 aromatic carbocycles. The highest BCUT2D eigenvalue weighted by Crippen LogP contribution is 2.34. The first kappa shape index (κ1) is 12.8. The Morgan fingerprint density at radius 3 is 2.71 bits per heavy atom. The standard InChI is InChI=1S/C11H6Br2ClNO2/c1-17-11(16)6-4-15-10-5(8(6)12)2-3-7(14)9(10)13/h2-4H,1H3. The maximum atomic E-state index is 11.5. The van der Waals surface area contributed by atoms with Crippen molar-refractivity contribution >= 4 is 60.3 Å². The van der Waals surface area contributed by atoms with E-state index in [0.717, 1.165) is 5.39 Å². The second-order valence-electron chi connectivity index (χ2n) is 3.23. The van der Waals surface area contributed by atoms with Crippen molar-refractivity contribution in [3.8, 4) is 0 Å². The van der Waals surface area contributed by atoms with E-state index in [1.807, 2.05) is 0 Å². The number of carbonyl (C=O) groups is 1. The summed E-state index contributed by atoms with van der Waals surface area (Å²) in [6.45, 7) is 0. The fourth-order valence-electron chi connectivity index (χ4n) is 1.43. The lowest BCUT2D eigenvalue weighted by molar-refractivity contribution is 0.0599. The number of pyridine rings is 1. The van der Waals surface area contributed by atoms with E-state index in [4.69, 9.17) is 11.6 Å². The van der Waals surface area contributed by atoms with E-state index in [0.29, 0.717) is 25.0 Å². The summed E-state index contributed by atoms with van der Waals surface area (Å²) in [5.41, 5.74) is 1.08. The Bertz CT molecular complexity index is 616. The number of aromatic nitrogens is 1. The van der Waals surface area contributed by atoms with Crippen LogP contribution in [0.2, 0.25) is 5.02 Å². The molecule has 88 valence electrons. The number of esters is 1. The van der Waals surface area contributed by atoms with Crippen LogP contribution in [0.3, 0.4) is 0 Å². The van der Waals surface area contributed by atoms with Crippen molar-refractivity contribution in [2.75, 3.05) is 7.11 Å². The number of fused-ring (bicyclic) bond motifs is 1. The fraction of sp³-hybridized carbons (Fsp3) is 0.0909. The molecule has 0 spiro atoms. The molecule has 0 saturated carbocycles. The Balaban J connectivity index is 2.77. The van der Waals surface area contributed by atoms with Crippen molar-refractivity contribution < 1.29 is 9.53 Å². The van der Waals surface area contributed by atoms with Crippen LogP contribution < -0.4 is 0 Å². The van der Waals surface area contributed by atoms with Gasteiger partial charge >= 0.3 is 5.97 Å². The normalized spacial score (nSPS) is 10.6. The first-order chi connectivity index (χ1) is 8.06. The van der Waals surface area contributed by atoms with Crippen molar-refractivity contribution in [3.05, 3.63) is 37.9 Å². The van der Waals surface area contributed by atoms with Crippen LogP contribution in [0.4, 0.5) is 0 Å². The zero-order valence-electron chi connectivity index (χ0n) is 8.63. The lowest BCUT2D eigenvalue weighted by Gasteiger charge is -2.07. The van der Waals surface area contributed by atoms with Crippen molar-refractivity contribution in [1.82, 2.24) is 4.98 Å². The lowest BCUT2D eigenvalue weighted by atomic mass is 10.1. The molecule has 0 N–H and O–H groups in total. The van der Waals surface area contributed by atoms with Gasteiger partial charge in [0.15, 0.2) is 0 Å². The molecule has 6 heteroatoms. The van der Waals surface area contributed by atoms with Crippen LogP contribution in [0.15, 0.2) is 27.3 Å². The van der Waals surface area contributed by atoms with Crippen LogP contribution in [-0.4, -0.2) is 18.1 Å². The number of hydrogen-bond donors (Lipinski definition) is 0. The van der Waals surface area contributed by atoms with Crippen molar-refractivity contribution in [2.24, 2.45) is 0 Å². The number of methoxy groups -OCH3 is 1. The first-order valence-electron chi connectivity index (χ1n) is 4.56. The highest BCUT2D eigenvalue weighted by atomic mass is 79.9. The topological polar surface area (TPSA) is 39.2 Å². The number of hydrogen-bond acceptors (Lipinski definition) is 3. The predicted molar refractivity (Wildman–Crippen MR) is 73.5 cm³/mol. The summed E-state index contributed by atoms with van der Waals surface area (Å²) in [5, 5.41) is 1.37. The van der Waals surface area contributed by atoms with Crippen LogP contribution in [0.5, 0.6) is 0 Å². The second-order valence-corrected chi connectivity index (χ2v) is 5.23. The summed E-state index contributed by atoms with van der Waals surface area (Å²) in [6, 6.07) is 3.54. The zero-order valence-corrected chi connectivity index (χ0v) is 12.6. The summed E-state index contributed by atoms with van der Waals surface area (Å²) < 4.78 is 6.02. The molecule has 17 heavy (non-hydrogen) atoms. The maximum absolute atomic E-state index is 11.5. The molecule has 0 atom stereocenters. The van der Waals surface area contributed by atoms with E-state index in [9.17, 15) is 4.79 Å². The van der Waals surface area contributed by atoms with Gasteiger partial charge in [-0.05, 0) is 37.9 Å². The predicted octanol–water partition coefficient (Wildman–Crippen LogP) is 4.20. The number of halogens is 3. The number of rotatable bonds is 1. The summed E-state index contributed by atoms with van der Waals surface area (Å²) >= 11 is 12.7. The number of ether oxygens (including phenoxy) is 1. The van der Waals surface area contributed by atoms with E-state index in [2.05, 4.69) is 41.6 Å². The highest BCUT2D eigenvalue weighted by Gasteiger charge is 2.15. The molecule has 0 unspecified atom stereocenters. The molecule has 0 aliphatic rings. The van der Waals surface area contributed by atoms with Crippen LogP contribution in [0, 0.1) is 0 Å². The van der Waals surface area contributed by atoms with Gasteiger partial charge in [-0.2, -0.15) is 0 Å². The van der Waals surface area contributed by atoms with E-state index in [-0.39, 0.29) is 0 Å². The molecule has 0 fully saturated rings.